The first-order valence-electron chi connectivity index (χ1n) is 7.97. The molecule has 1 fully saturated rings. The van der Waals surface area contributed by atoms with Crippen molar-refractivity contribution in [3.63, 3.8) is 0 Å². The largest absolute Gasteiger partial charge is 0.312 e. The van der Waals surface area contributed by atoms with Crippen LogP contribution in [0.15, 0.2) is 0 Å². The monoisotopic (exact) mass is 254 g/mol. The molecular formula is C16H34N2. The Kier molecular flexibility index (Phi) is 6.65. The lowest BCUT2D eigenvalue weighted by molar-refractivity contribution is 0.0678. The average molecular weight is 254 g/mol. The van der Waals surface area contributed by atoms with Crippen LogP contribution in [0.4, 0.5) is 0 Å². The second-order valence-electron chi connectivity index (χ2n) is 6.44. The Morgan fingerprint density at radius 2 is 1.78 bits per heavy atom. The molecule has 1 N–H and O–H groups in total. The number of hydrogen-bond acceptors (Lipinski definition) is 2. The molecule has 0 aromatic heterocycles. The highest BCUT2D eigenvalue weighted by Crippen LogP contribution is 2.34. The molecule has 0 aromatic rings. The third kappa shape index (κ3) is 3.71. The van der Waals surface area contributed by atoms with Crippen molar-refractivity contribution in [3.05, 3.63) is 0 Å². The SMILES string of the molecule is CCCNC(C1CCCCC1)C(C)(CC)N(C)C. The Balaban J connectivity index is 2.80. The molecule has 2 nitrogen and oxygen atoms in total. The molecule has 1 aliphatic carbocycles. The van der Waals surface area contributed by atoms with Crippen LogP contribution in [-0.4, -0.2) is 37.1 Å². The fraction of sp³-hybridized carbons (Fsp3) is 1.00. The van der Waals surface area contributed by atoms with Crippen molar-refractivity contribution in [2.24, 2.45) is 5.92 Å². The normalized spacial score (nSPS) is 23.0. The second kappa shape index (κ2) is 7.49. The lowest BCUT2D eigenvalue weighted by Gasteiger charge is -2.47. The van der Waals surface area contributed by atoms with Crippen molar-refractivity contribution in [2.45, 2.75) is 77.3 Å². The van der Waals surface area contributed by atoms with Crippen molar-refractivity contribution >= 4 is 0 Å². The molecule has 0 heterocycles. The highest BCUT2D eigenvalue weighted by atomic mass is 15.2. The Morgan fingerprint density at radius 1 is 1.17 bits per heavy atom. The molecular weight excluding hydrogens is 220 g/mol. The molecule has 2 heteroatoms. The summed E-state index contributed by atoms with van der Waals surface area (Å²) in [6.07, 6.45) is 9.61. The molecule has 0 aromatic carbocycles. The molecule has 108 valence electrons. The summed E-state index contributed by atoms with van der Waals surface area (Å²) in [5.41, 5.74) is 0.289. The minimum atomic E-state index is 0.289. The summed E-state index contributed by atoms with van der Waals surface area (Å²) >= 11 is 0. The van der Waals surface area contributed by atoms with E-state index in [-0.39, 0.29) is 5.54 Å². The van der Waals surface area contributed by atoms with Gasteiger partial charge in [-0.15, -0.1) is 0 Å². The summed E-state index contributed by atoms with van der Waals surface area (Å²) < 4.78 is 0. The highest BCUT2D eigenvalue weighted by molar-refractivity contribution is 4.98. The minimum absolute atomic E-state index is 0.289. The minimum Gasteiger partial charge on any atom is -0.312 e. The summed E-state index contributed by atoms with van der Waals surface area (Å²) in [5, 5.41) is 3.87. The van der Waals surface area contributed by atoms with E-state index < -0.39 is 0 Å². The van der Waals surface area contributed by atoms with Gasteiger partial charge >= 0.3 is 0 Å². The first-order valence-corrected chi connectivity index (χ1v) is 7.97. The standard InChI is InChI=1S/C16H34N2/c1-6-13-17-15(14-11-9-8-10-12-14)16(3,7-2)18(4)5/h14-15,17H,6-13H2,1-5H3. The van der Waals surface area contributed by atoms with Gasteiger partial charge in [0.1, 0.15) is 0 Å². The molecule has 18 heavy (non-hydrogen) atoms. The summed E-state index contributed by atoms with van der Waals surface area (Å²) in [5.74, 6) is 0.873. The zero-order valence-electron chi connectivity index (χ0n) is 13.3. The third-order valence-electron chi connectivity index (χ3n) is 5.14. The molecule has 0 amide bonds. The smallest absolute Gasteiger partial charge is 0.0328 e. The van der Waals surface area contributed by atoms with Crippen LogP contribution >= 0.6 is 0 Å². The van der Waals surface area contributed by atoms with Gasteiger partial charge in [-0.1, -0.05) is 33.1 Å². The van der Waals surface area contributed by atoms with Crippen molar-refractivity contribution in [1.82, 2.24) is 10.2 Å². The van der Waals surface area contributed by atoms with Crippen LogP contribution in [0, 0.1) is 5.92 Å². The topological polar surface area (TPSA) is 15.3 Å². The van der Waals surface area contributed by atoms with Crippen LogP contribution in [0.1, 0.15) is 65.7 Å². The van der Waals surface area contributed by atoms with Crippen LogP contribution in [0.3, 0.4) is 0 Å². The van der Waals surface area contributed by atoms with Crippen molar-refractivity contribution in [1.29, 1.82) is 0 Å². The van der Waals surface area contributed by atoms with Gasteiger partial charge in [0.25, 0.3) is 0 Å². The first-order chi connectivity index (χ1) is 8.56. The number of likely N-dealkylation sites (N-methyl/N-ethyl adjacent to an activating group) is 1. The average Bonchev–Trinajstić information content (AvgIpc) is 2.39. The van der Waals surface area contributed by atoms with E-state index in [4.69, 9.17) is 0 Å². The van der Waals surface area contributed by atoms with Gasteiger partial charge in [0.15, 0.2) is 0 Å². The predicted molar refractivity (Wildman–Crippen MR) is 81.0 cm³/mol. The molecule has 0 saturated heterocycles. The summed E-state index contributed by atoms with van der Waals surface area (Å²) in [6, 6.07) is 0.651. The van der Waals surface area contributed by atoms with Crippen molar-refractivity contribution in [2.75, 3.05) is 20.6 Å². The molecule has 1 aliphatic rings. The maximum atomic E-state index is 3.87. The molecule has 2 atom stereocenters. The van der Waals surface area contributed by atoms with Crippen LogP contribution in [0.25, 0.3) is 0 Å². The molecule has 0 bridgehead atoms. The molecule has 2 unspecified atom stereocenters. The van der Waals surface area contributed by atoms with E-state index >= 15 is 0 Å². The van der Waals surface area contributed by atoms with E-state index in [1.165, 1.54) is 44.9 Å². The van der Waals surface area contributed by atoms with Crippen LogP contribution in [0.5, 0.6) is 0 Å². The van der Waals surface area contributed by atoms with Gasteiger partial charge in [0.05, 0.1) is 0 Å². The van der Waals surface area contributed by atoms with Gasteiger partial charge in [-0.25, -0.2) is 0 Å². The Hall–Kier alpha value is -0.0800. The van der Waals surface area contributed by atoms with Gasteiger partial charge in [0, 0.05) is 11.6 Å². The fourth-order valence-corrected chi connectivity index (χ4v) is 3.48. The number of hydrogen-bond donors (Lipinski definition) is 1. The van der Waals surface area contributed by atoms with E-state index in [9.17, 15) is 0 Å². The van der Waals surface area contributed by atoms with E-state index in [2.05, 4.69) is 45.1 Å². The van der Waals surface area contributed by atoms with E-state index in [0.717, 1.165) is 12.5 Å². The molecule has 1 saturated carbocycles. The van der Waals surface area contributed by atoms with Gasteiger partial charge in [-0.2, -0.15) is 0 Å². The van der Waals surface area contributed by atoms with E-state index in [1.54, 1.807) is 0 Å². The van der Waals surface area contributed by atoms with Gasteiger partial charge in [-0.3, -0.25) is 0 Å². The summed E-state index contributed by atoms with van der Waals surface area (Å²) in [6.45, 7) is 8.20. The predicted octanol–water partition coefficient (Wildman–Crippen LogP) is 3.67. The quantitative estimate of drug-likeness (QED) is 0.746. The Morgan fingerprint density at radius 3 is 2.22 bits per heavy atom. The summed E-state index contributed by atoms with van der Waals surface area (Å²) in [4.78, 5) is 2.44. The Bertz CT molecular complexity index is 221. The van der Waals surface area contributed by atoms with Gasteiger partial charge < -0.3 is 10.2 Å². The zero-order valence-corrected chi connectivity index (χ0v) is 13.3. The molecule has 0 aliphatic heterocycles. The maximum absolute atomic E-state index is 3.87. The third-order valence-corrected chi connectivity index (χ3v) is 5.14. The molecule has 0 radical (unpaired) electrons. The maximum Gasteiger partial charge on any atom is 0.0328 e. The number of nitrogens with zero attached hydrogens (tertiary/aromatic N) is 1. The zero-order chi connectivity index (χ0) is 13.6. The molecule has 0 spiro atoms. The molecule has 1 rings (SSSR count). The van der Waals surface area contributed by atoms with Crippen molar-refractivity contribution in [3.8, 4) is 0 Å². The van der Waals surface area contributed by atoms with Crippen LogP contribution in [0.2, 0.25) is 0 Å². The van der Waals surface area contributed by atoms with Gasteiger partial charge in [0.2, 0.25) is 0 Å². The van der Waals surface area contributed by atoms with Gasteiger partial charge in [-0.05, 0) is 59.2 Å². The Labute approximate surface area is 115 Å². The van der Waals surface area contributed by atoms with E-state index in [0.29, 0.717) is 6.04 Å². The van der Waals surface area contributed by atoms with Crippen LogP contribution < -0.4 is 5.32 Å². The lowest BCUT2D eigenvalue weighted by Crippen LogP contribution is -2.60. The highest BCUT2D eigenvalue weighted by Gasteiger charge is 2.39. The fourth-order valence-electron chi connectivity index (χ4n) is 3.48. The second-order valence-corrected chi connectivity index (χ2v) is 6.44. The lowest BCUT2D eigenvalue weighted by atomic mass is 9.74. The van der Waals surface area contributed by atoms with Crippen molar-refractivity contribution < 1.29 is 0 Å². The van der Waals surface area contributed by atoms with E-state index in [1.807, 2.05) is 0 Å². The van der Waals surface area contributed by atoms with Crippen LogP contribution in [-0.2, 0) is 0 Å². The summed E-state index contributed by atoms with van der Waals surface area (Å²) in [7, 11) is 4.49. The number of nitrogens with one attached hydrogen (secondary N) is 1. The first kappa shape index (κ1) is 16.0. The number of rotatable bonds is 7.